The number of hydrogen-bond donors (Lipinski definition) is 1. The summed E-state index contributed by atoms with van der Waals surface area (Å²) in [6.45, 7) is 1.70. The van der Waals surface area contributed by atoms with Crippen LogP contribution in [0.5, 0.6) is 0 Å². The van der Waals surface area contributed by atoms with Crippen LogP contribution in [0.25, 0.3) is 0 Å². The molecule has 1 rings (SSSR count). The van der Waals surface area contributed by atoms with E-state index in [0.29, 0.717) is 0 Å². The third-order valence-corrected chi connectivity index (χ3v) is 1.92. The smallest absolute Gasteiger partial charge is 0.407 e. The van der Waals surface area contributed by atoms with Crippen LogP contribution in [0.2, 0.25) is 0 Å². The molecule has 4 heteroatoms. The van der Waals surface area contributed by atoms with Gasteiger partial charge in [-0.25, -0.2) is 4.79 Å². The van der Waals surface area contributed by atoms with Crippen molar-refractivity contribution >= 4 is 11.9 Å². The SMILES string of the molecule is CC(=O)CNC(=O)OCC1=CCCC=C1. The second-order valence-corrected chi connectivity index (χ2v) is 3.39. The van der Waals surface area contributed by atoms with E-state index in [-0.39, 0.29) is 18.9 Å². The van der Waals surface area contributed by atoms with Gasteiger partial charge < -0.3 is 10.1 Å². The summed E-state index contributed by atoms with van der Waals surface area (Å²) in [5.74, 6) is -0.0938. The number of nitrogens with one attached hydrogen (secondary N) is 1. The highest BCUT2D eigenvalue weighted by molar-refractivity contribution is 5.81. The van der Waals surface area contributed by atoms with E-state index >= 15 is 0 Å². The predicted octanol–water partition coefficient (Wildman–Crippen LogP) is 1.58. The zero-order chi connectivity index (χ0) is 11.1. The molecule has 1 amide bonds. The van der Waals surface area contributed by atoms with Gasteiger partial charge in [-0.05, 0) is 25.3 Å². The third-order valence-electron chi connectivity index (χ3n) is 1.92. The van der Waals surface area contributed by atoms with E-state index in [9.17, 15) is 9.59 Å². The maximum Gasteiger partial charge on any atom is 0.407 e. The Hall–Kier alpha value is -1.58. The molecule has 0 aromatic carbocycles. The molecule has 0 spiro atoms. The number of Topliss-reactive ketones (excluding diaryl/α,β-unsaturated/α-hetero) is 1. The van der Waals surface area contributed by atoms with Crippen molar-refractivity contribution in [3.8, 4) is 0 Å². The summed E-state index contributed by atoms with van der Waals surface area (Å²) < 4.78 is 4.91. The lowest BCUT2D eigenvalue weighted by Gasteiger charge is -2.08. The first-order valence-electron chi connectivity index (χ1n) is 4.94. The number of amides is 1. The molecule has 82 valence electrons. The van der Waals surface area contributed by atoms with Crippen LogP contribution < -0.4 is 5.32 Å². The summed E-state index contributed by atoms with van der Waals surface area (Å²) in [7, 11) is 0. The summed E-state index contributed by atoms with van der Waals surface area (Å²) >= 11 is 0. The van der Waals surface area contributed by atoms with Crippen molar-refractivity contribution in [3.05, 3.63) is 23.8 Å². The first-order chi connectivity index (χ1) is 7.18. The second-order valence-electron chi connectivity index (χ2n) is 3.39. The monoisotopic (exact) mass is 209 g/mol. The molecule has 4 nitrogen and oxygen atoms in total. The first kappa shape index (κ1) is 11.5. The minimum atomic E-state index is -0.551. The average Bonchev–Trinajstić information content (AvgIpc) is 2.25. The molecular formula is C11H15NO3. The van der Waals surface area contributed by atoms with Gasteiger partial charge in [-0.15, -0.1) is 0 Å². The van der Waals surface area contributed by atoms with Crippen molar-refractivity contribution in [3.63, 3.8) is 0 Å². The number of alkyl carbamates (subject to hydrolysis) is 1. The van der Waals surface area contributed by atoms with Crippen molar-refractivity contribution in [2.24, 2.45) is 0 Å². The lowest BCUT2D eigenvalue weighted by Crippen LogP contribution is -2.29. The van der Waals surface area contributed by atoms with Gasteiger partial charge in [0.2, 0.25) is 0 Å². The second kappa shape index (κ2) is 6.01. The summed E-state index contributed by atoms with van der Waals surface area (Å²) in [5.41, 5.74) is 0.999. The van der Waals surface area contributed by atoms with Gasteiger partial charge in [0, 0.05) is 0 Å². The molecule has 15 heavy (non-hydrogen) atoms. The number of carbonyl (C=O) groups excluding carboxylic acids is 2. The molecule has 0 fully saturated rings. The summed E-state index contributed by atoms with van der Waals surface area (Å²) in [4.78, 5) is 21.6. The van der Waals surface area contributed by atoms with E-state index in [1.54, 1.807) is 0 Å². The van der Waals surface area contributed by atoms with Crippen LogP contribution >= 0.6 is 0 Å². The van der Waals surface area contributed by atoms with E-state index in [1.165, 1.54) is 6.92 Å². The largest absolute Gasteiger partial charge is 0.445 e. The summed E-state index contributed by atoms with van der Waals surface area (Å²) in [5, 5.41) is 2.36. The fourth-order valence-electron chi connectivity index (χ4n) is 1.17. The number of ether oxygens (including phenoxy) is 1. The number of ketones is 1. The molecule has 0 aromatic heterocycles. The van der Waals surface area contributed by atoms with Crippen LogP contribution in [-0.2, 0) is 9.53 Å². The first-order valence-corrected chi connectivity index (χ1v) is 4.94. The molecule has 0 atom stereocenters. The molecule has 0 aromatic rings. The molecule has 0 saturated heterocycles. The van der Waals surface area contributed by atoms with E-state index in [2.05, 4.69) is 5.32 Å². The molecule has 0 bridgehead atoms. The Labute approximate surface area is 89.0 Å². The van der Waals surface area contributed by atoms with Gasteiger partial charge in [0.05, 0.1) is 6.54 Å². The van der Waals surface area contributed by atoms with Gasteiger partial charge in [-0.3, -0.25) is 4.79 Å². The number of allylic oxidation sites excluding steroid dienone is 2. The minimum absolute atomic E-state index is 0.0215. The van der Waals surface area contributed by atoms with Crippen LogP contribution in [0.4, 0.5) is 4.79 Å². The standard InChI is InChI=1S/C11H15NO3/c1-9(13)7-12-11(14)15-8-10-5-3-2-4-6-10/h3,5-6H,2,4,7-8H2,1H3,(H,12,14). The normalized spacial score (nSPS) is 14.3. The van der Waals surface area contributed by atoms with E-state index in [0.717, 1.165) is 18.4 Å². The van der Waals surface area contributed by atoms with Gasteiger partial charge in [-0.1, -0.05) is 18.2 Å². The lowest BCUT2D eigenvalue weighted by atomic mass is 10.1. The Morgan fingerprint density at radius 2 is 2.27 bits per heavy atom. The Bertz CT molecular complexity index is 305. The van der Waals surface area contributed by atoms with Gasteiger partial charge in [0.15, 0.2) is 0 Å². The molecule has 1 aliphatic rings. The maximum absolute atomic E-state index is 11.1. The maximum atomic E-state index is 11.1. The highest BCUT2D eigenvalue weighted by Gasteiger charge is 2.04. The van der Waals surface area contributed by atoms with Crippen molar-refractivity contribution in [2.45, 2.75) is 19.8 Å². The highest BCUT2D eigenvalue weighted by Crippen LogP contribution is 2.09. The Kier molecular flexibility index (Phi) is 4.60. The summed E-state index contributed by atoms with van der Waals surface area (Å²) in [6.07, 6.45) is 7.52. The Morgan fingerprint density at radius 1 is 1.47 bits per heavy atom. The molecule has 0 heterocycles. The van der Waals surface area contributed by atoms with Crippen LogP contribution in [0.1, 0.15) is 19.8 Å². The lowest BCUT2D eigenvalue weighted by molar-refractivity contribution is -0.116. The van der Waals surface area contributed by atoms with Gasteiger partial charge in [0.25, 0.3) is 0 Å². The summed E-state index contributed by atoms with van der Waals surface area (Å²) in [6, 6.07) is 0. The molecule has 1 aliphatic carbocycles. The zero-order valence-corrected chi connectivity index (χ0v) is 8.79. The van der Waals surface area contributed by atoms with Crippen molar-refractivity contribution in [1.82, 2.24) is 5.32 Å². The fourth-order valence-corrected chi connectivity index (χ4v) is 1.17. The zero-order valence-electron chi connectivity index (χ0n) is 8.79. The third kappa shape index (κ3) is 5.00. The number of rotatable bonds is 4. The Morgan fingerprint density at radius 3 is 2.87 bits per heavy atom. The van der Waals surface area contributed by atoms with E-state index in [4.69, 9.17) is 4.74 Å². The van der Waals surface area contributed by atoms with E-state index in [1.807, 2.05) is 18.2 Å². The predicted molar refractivity (Wildman–Crippen MR) is 56.5 cm³/mol. The average molecular weight is 209 g/mol. The van der Waals surface area contributed by atoms with E-state index < -0.39 is 6.09 Å². The molecule has 0 radical (unpaired) electrons. The van der Waals surface area contributed by atoms with Crippen LogP contribution in [0.15, 0.2) is 23.8 Å². The number of carbonyl (C=O) groups is 2. The minimum Gasteiger partial charge on any atom is -0.445 e. The molecule has 0 unspecified atom stereocenters. The van der Waals surface area contributed by atoms with Gasteiger partial charge in [0.1, 0.15) is 12.4 Å². The van der Waals surface area contributed by atoms with Crippen LogP contribution in [0, 0.1) is 0 Å². The molecule has 1 N–H and O–H groups in total. The van der Waals surface area contributed by atoms with Crippen molar-refractivity contribution < 1.29 is 14.3 Å². The van der Waals surface area contributed by atoms with Gasteiger partial charge >= 0.3 is 6.09 Å². The quantitative estimate of drug-likeness (QED) is 0.764. The number of hydrogen-bond acceptors (Lipinski definition) is 3. The molecule has 0 aliphatic heterocycles. The topological polar surface area (TPSA) is 55.4 Å². The fraction of sp³-hybridized carbons (Fsp3) is 0.455. The molecular weight excluding hydrogens is 194 g/mol. The Balaban J connectivity index is 2.19. The molecule has 0 saturated carbocycles. The van der Waals surface area contributed by atoms with Gasteiger partial charge in [-0.2, -0.15) is 0 Å². The van der Waals surface area contributed by atoms with Crippen LogP contribution in [0.3, 0.4) is 0 Å². The van der Waals surface area contributed by atoms with Crippen molar-refractivity contribution in [2.75, 3.05) is 13.2 Å². The van der Waals surface area contributed by atoms with Crippen LogP contribution in [-0.4, -0.2) is 25.0 Å². The van der Waals surface area contributed by atoms with Crippen molar-refractivity contribution in [1.29, 1.82) is 0 Å². The highest BCUT2D eigenvalue weighted by atomic mass is 16.5.